The van der Waals surface area contributed by atoms with Crippen LogP contribution in [-0.4, -0.2) is 47.8 Å². The fraction of sp³-hybridized carbons (Fsp3) is 0.188. The number of methoxy groups -OCH3 is 1. The minimum Gasteiger partial charge on any atom is -0.497 e. The Kier molecular flexibility index (Phi) is 4.17. The molecule has 1 amide bonds. The van der Waals surface area contributed by atoms with Crippen molar-refractivity contribution in [2.75, 3.05) is 14.2 Å². The predicted molar refractivity (Wildman–Crippen MR) is 90.8 cm³/mol. The molecule has 3 aromatic rings. The van der Waals surface area contributed by atoms with Gasteiger partial charge in [0.15, 0.2) is 0 Å². The van der Waals surface area contributed by atoms with E-state index in [9.17, 15) is 13.2 Å². The van der Waals surface area contributed by atoms with E-state index in [0.29, 0.717) is 21.1 Å². The van der Waals surface area contributed by atoms with E-state index >= 15 is 0 Å². The monoisotopic (exact) mass is 360 g/mol. The van der Waals surface area contributed by atoms with Gasteiger partial charge in [0.2, 0.25) is 0 Å². The number of benzene rings is 2. The smallest absolute Gasteiger partial charge is 0.269 e. The largest absolute Gasteiger partial charge is 0.497 e. The van der Waals surface area contributed by atoms with Gasteiger partial charge in [0.25, 0.3) is 15.9 Å². The van der Waals surface area contributed by atoms with Crippen molar-refractivity contribution in [1.82, 2.24) is 19.3 Å². The van der Waals surface area contributed by atoms with Crippen molar-refractivity contribution in [3.05, 3.63) is 48.0 Å². The molecular weight excluding hydrogens is 344 g/mol. The first-order chi connectivity index (χ1) is 11.9. The van der Waals surface area contributed by atoms with E-state index < -0.39 is 15.9 Å². The van der Waals surface area contributed by atoms with Crippen molar-refractivity contribution in [2.45, 2.75) is 4.90 Å². The lowest BCUT2D eigenvalue weighted by Crippen LogP contribution is -2.33. The second-order valence-electron chi connectivity index (χ2n) is 5.34. The molecule has 3 rings (SSSR count). The van der Waals surface area contributed by atoms with Gasteiger partial charge in [-0.05, 0) is 36.4 Å². The molecular formula is C16H16N4O4S. The lowest BCUT2D eigenvalue weighted by Gasteiger charge is -2.18. The molecule has 0 saturated heterocycles. The summed E-state index contributed by atoms with van der Waals surface area (Å²) in [6.07, 6.45) is 0. The van der Waals surface area contributed by atoms with Crippen LogP contribution in [0.2, 0.25) is 0 Å². The number of hydrogen-bond donors (Lipinski definition) is 0. The SMILES string of the molecule is COc1ccc(S(=O)(=O)N(C)C(=O)c2cccc3c2nnn3C)cc1. The van der Waals surface area contributed by atoms with Gasteiger partial charge in [-0.2, -0.15) is 0 Å². The van der Waals surface area contributed by atoms with Gasteiger partial charge < -0.3 is 4.74 Å². The Hall–Kier alpha value is -2.94. The average Bonchev–Trinajstić information content (AvgIpc) is 3.01. The Morgan fingerprint density at radius 1 is 1.16 bits per heavy atom. The molecule has 1 aromatic heterocycles. The minimum atomic E-state index is -4.00. The Bertz CT molecular complexity index is 1040. The molecule has 9 heteroatoms. The third-order valence-electron chi connectivity index (χ3n) is 3.88. The number of carbonyl (C=O) groups is 1. The fourth-order valence-electron chi connectivity index (χ4n) is 2.41. The first kappa shape index (κ1) is 16.9. The lowest BCUT2D eigenvalue weighted by atomic mass is 10.1. The third-order valence-corrected chi connectivity index (χ3v) is 5.63. The Morgan fingerprint density at radius 3 is 2.48 bits per heavy atom. The van der Waals surface area contributed by atoms with Crippen molar-refractivity contribution < 1.29 is 17.9 Å². The van der Waals surface area contributed by atoms with Crippen molar-refractivity contribution in [3.8, 4) is 5.75 Å². The molecule has 8 nitrogen and oxygen atoms in total. The van der Waals surface area contributed by atoms with Crippen LogP contribution in [0.1, 0.15) is 10.4 Å². The van der Waals surface area contributed by atoms with Crippen LogP contribution < -0.4 is 4.74 Å². The zero-order valence-corrected chi connectivity index (χ0v) is 14.7. The normalized spacial score (nSPS) is 11.5. The summed E-state index contributed by atoms with van der Waals surface area (Å²) >= 11 is 0. The molecule has 2 aromatic carbocycles. The molecule has 0 spiro atoms. The number of amides is 1. The summed E-state index contributed by atoms with van der Waals surface area (Å²) in [5.41, 5.74) is 1.16. The van der Waals surface area contributed by atoms with Crippen LogP contribution in [0.5, 0.6) is 5.75 Å². The van der Waals surface area contributed by atoms with Gasteiger partial charge in [-0.15, -0.1) is 5.10 Å². The average molecular weight is 360 g/mol. The van der Waals surface area contributed by atoms with Crippen LogP contribution >= 0.6 is 0 Å². The number of ether oxygens (including phenoxy) is 1. The maximum atomic E-state index is 12.8. The zero-order valence-electron chi connectivity index (χ0n) is 13.9. The molecule has 0 radical (unpaired) electrons. The summed E-state index contributed by atoms with van der Waals surface area (Å²) in [5.74, 6) is -0.154. The molecule has 0 N–H and O–H groups in total. The first-order valence-corrected chi connectivity index (χ1v) is 8.76. The van der Waals surface area contributed by atoms with Gasteiger partial charge in [-0.1, -0.05) is 11.3 Å². The molecule has 0 aliphatic heterocycles. The highest BCUT2D eigenvalue weighted by Gasteiger charge is 2.28. The van der Waals surface area contributed by atoms with E-state index in [1.54, 1.807) is 19.2 Å². The van der Waals surface area contributed by atoms with Crippen LogP contribution in [0, 0.1) is 0 Å². The summed E-state index contributed by atoms with van der Waals surface area (Å²) in [6, 6.07) is 10.8. The number of aromatic nitrogens is 3. The minimum absolute atomic E-state index is 0.00419. The zero-order chi connectivity index (χ0) is 18.2. The molecule has 0 fully saturated rings. The summed E-state index contributed by atoms with van der Waals surface area (Å²) < 4.78 is 32.7. The Morgan fingerprint density at radius 2 is 1.84 bits per heavy atom. The highest BCUT2D eigenvalue weighted by atomic mass is 32.2. The number of rotatable bonds is 4. The van der Waals surface area contributed by atoms with Crippen molar-refractivity contribution in [3.63, 3.8) is 0 Å². The highest BCUT2D eigenvalue weighted by molar-refractivity contribution is 7.89. The van der Waals surface area contributed by atoms with Crippen molar-refractivity contribution >= 4 is 27.0 Å². The number of sulfonamides is 1. The summed E-state index contributed by atoms with van der Waals surface area (Å²) in [7, 11) is 0.402. The van der Waals surface area contributed by atoms with Gasteiger partial charge in [0, 0.05) is 14.1 Å². The van der Waals surface area contributed by atoms with Crippen LogP contribution in [0.25, 0.3) is 11.0 Å². The first-order valence-electron chi connectivity index (χ1n) is 7.32. The van der Waals surface area contributed by atoms with E-state index in [1.807, 2.05) is 0 Å². The third kappa shape index (κ3) is 2.82. The molecule has 130 valence electrons. The molecule has 0 unspecified atom stereocenters. The van der Waals surface area contributed by atoms with E-state index in [1.165, 1.54) is 49.2 Å². The standard InChI is InChI=1S/C16H16N4O4S/c1-19-14-6-4-5-13(15(14)17-18-19)16(21)20(2)25(22,23)12-9-7-11(24-3)8-10-12/h4-10H,1-3H3. The number of hydrogen-bond acceptors (Lipinski definition) is 6. The van der Waals surface area contributed by atoms with E-state index in [-0.39, 0.29) is 10.5 Å². The van der Waals surface area contributed by atoms with Gasteiger partial charge in [-0.25, -0.2) is 17.4 Å². The molecule has 1 heterocycles. The number of carbonyl (C=O) groups excluding carboxylic acids is 1. The summed E-state index contributed by atoms with van der Waals surface area (Å²) in [4.78, 5) is 12.8. The highest BCUT2D eigenvalue weighted by Crippen LogP contribution is 2.22. The van der Waals surface area contributed by atoms with E-state index in [4.69, 9.17) is 4.74 Å². The second kappa shape index (κ2) is 6.17. The molecule has 0 atom stereocenters. The predicted octanol–water partition coefficient (Wildman–Crippen LogP) is 1.44. The topological polar surface area (TPSA) is 94.4 Å². The molecule has 0 aliphatic rings. The number of fused-ring (bicyclic) bond motifs is 1. The van der Waals surface area contributed by atoms with Crippen LogP contribution in [-0.2, 0) is 17.1 Å². The van der Waals surface area contributed by atoms with E-state index in [0.717, 1.165) is 0 Å². The Balaban J connectivity index is 2.00. The van der Waals surface area contributed by atoms with Crippen molar-refractivity contribution in [1.29, 1.82) is 0 Å². The van der Waals surface area contributed by atoms with Crippen LogP contribution in [0.3, 0.4) is 0 Å². The Labute approximate surface area is 144 Å². The molecule has 0 bridgehead atoms. The van der Waals surface area contributed by atoms with Gasteiger partial charge in [0.1, 0.15) is 11.3 Å². The molecule has 25 heavy (non-hydrogen) atoms. The summed E-state index contributed by atoms with van der Waals surface area (Å²) in [5, 5.41) is 7.82. The second-order valence-corrected chi connectivity index (χ2v) is 7.31. The van der Waals surface area contributed by atoms with Gasteiger partial charge in [-0.3, -0.25) is 4.79 Å². The summed E-state index contributed by atoms with van der Waals surface area (Å²) in [6.45, 7) is 0. The van der Waals surface area contributed by atoms with Crippen molar-refractivity contribution in [2.24, 2.45) is 7.05 Å². The van der Waals surface area contributed by atoms with Crippen LogP contribution in [0.15, 0.2) is 47.4 Å². The lowest BCUT2D eigenvalue weighted by molar-refractivity contribution is 0.0884. The van der Waals surface area contributed by atoms with Gasteiger partial charge >= 0.3 is 0 Å². The maximum Gasteiger partial charge on any atom is 0.269 e. The fourth-order valence-corrected chi connectivity index (χ4v) is 3.53. The van der Waals surface area contributed by atoms with Gasteiger partial charge in [0.05, 0.1) is 23.1 Å². The van der Waals surface area contributed by atoms with Crippen LogP contribution in [0.4, 0.5) is 0 Å². The molecule has 0 aliphatic carbocycles. The number of aryl methyl sites for hydroxylation is 1. The maximum absolute atomic E-state index is 12.8. The quantitative estimate of drug-likeness (QED) is 0.699. The molecule has 0 saturated carbocycles. The van der Waals surface area contributed by atoms with E-state index in [2.05, 4.69) is 10.3 Å². The number of nitrogens with zero attached hydrogens (tertiary/aromatic N) is 4.